The molecule has 2 aliphatic rings. The van der Waals surface area contributed by atoms with Crippen LogP contribution < -0.4 is 10.1 Å². The van der Waals surface area contributed by atoms with Gasteiger partial charge in [-0.3, -0.25) is 4.90 Å². The zero-order valence-electron chi connectivity index (χ0n) is 17.5. The van der Waals surface area contributed by atoms with Gasteiger partial charge in [-0.2, -0.15) is 0 Å². The Morgan fingerprint density at radius 3 is 2.86 bits per heavy atom. The molecule has 1 atom stereocenters. The highest BCUT2D eigenvalue weighted by atomic mass is 16.5. The third kappa shape index (κ3) is 6.38. The third-order valence-electron chi connectivity index (χ3n) is 5.43. The number of morpholine rings is 1. The van der Waals surface area contributed by atoms with Crippen LogP contribution in [-0.2, 0) is 11.3 Å². The van der Waals surface area contributed by atoms with Crippen LogP contribution in [0.3, 0.4) is 0 Å². The van der Waals surface area contributed by atoms with Gasteiger partial charge in [0.15, 0.2) is 5.96 Å². The van der Waals surface area contributed by atoms with Gasteiger partial charge in [-0.1, -0.05) is 25.1 Å². The van der Waals surface area contributed by atoms with E-state index in [-0.39, 0.29) is 0 Å². The van der Waals surface area contributed by atoms with Crippen molar-refractivity contribution in [1.82, 2.24) is 15.1 Å². The fourth-order valence-electron chi connectivity index (χ4n) is 3.85. The van der Waals surface area contributed by atoms with Gasteiger partial charge < -0.3 is 19.7 Å². The highest BCUT2D eigenvalue weighted by Crippen LogP contribution is 2.20. The first-order valence-electron chi connectivity index (χ1n) is 10.8. The van der Waals surface area contributed by atoms with E-state index in [4.69, 9.17) is 14.5 Å². The fourth-order valence-corrected chi connectivity index (χ4v) is 3.85. The summed E-state index contributed by atoms with van der Waals surface area (Å²) in [4.78, 5) is 9.72. The molecule has 0 amide bonds. The summed E-state index contributed by atoms with van der Waals surface area (Å²) >= 11 is 0. The zero-order chi connectivity index (χ0) is 19.6. The molecule has 0 saturated carbocycles. The minimum Gasteiger partial charge on any atom is -0.492 e. The molecule has 1 aromatic rings. The molecule has 2 saturated heterocycles. The van der Waals surface area contributed by atoms with Crippen molar-refractivity contribution in [1.29, 1.82) is 0 Å². The van der Waals surface area contributed by atoms with E-state index < -0.39 is 0 Å². The van der Waals surface area contributed by atoms with E-state index in [1.165, 1.54) is 12.8 Å². The lowest BCUT2D eigenvalue weighted by molar-refractivity contribution is 0.0322. The Morgan fingerprint density at radius 1 is 1.25 bits per heavy atom. The Bertz CT molecular complexity index is 616. The number of ether oxygens (including phenoxy) is 2. The smallest absolute Gasteiger partial charge is 0.194 e. The molecule has 2 fully saturated rings. The van der Waals surface area contributed by atoms with Crippen LogP contribution in [0.4, 0.5) is 0 Å². The van der Waals surface area contributed by atoms with Gasteiger partial charge in [-0.15, -0.1) is 0 Å². The second kappa shape index (κ2) is 11.3. The van der Waals surface area contributed by atoms with E-state index in [0.29, 0.717) is 13.2 Å². The lowest BCUT2D eigenvalue weighted by atomic mass is 10.0. The number of nitrogens with zero attached hydrogens (tertiary/aromatic N) is 3. The maximum Gasteiger partial charge on any atom is 0.194 e. The first kappa shape index (κ1) is 20.9. The standard InChI is InChI=1S/C22H36N4O2/c1-3-23-22(26-10-6-7-19(2)18-26)24-17-20-8-4-5-9-21(20)28-16-13-25-11-14-27-15-12-25/h4-5,8-9,19H,3,6-7,10-18H2,1-2H3,(H,23,24). The lowest BCUT2D eigenvalue weighted by Crippen LogP contribution is -2.46. The predicted molar refractivity (Wildman–Crippen MR) is 114 cm³/mol. The molecular formula is C22H36N4O2. The summed E-state index contributed by atoms with van der Waals surface area (Å²) in [5.41, 5.74) is 1.14. The van der Waals surface area contributed by atoms with Crippen LogP contribution in [0.25, 0.3) is 0 Å². The van der Waals surface area contributed by atoms with Crippen molar-refractivity contribution in [2.75, 3.05) is 59.1 Å². The summed E-state index contributed by atoms with van der Waals surface area (Å²) in [6.45, 7) is 13.4. The summed E-state index contributed by atoms with van der Waals surface area (Å²) < 4.78 is 11.5. The van der Waals surface area contributed by atoms with Crippen LogP contribution in [-0.4, -0.2) is 74.8 Å². The van der Waals surface area contributed by atoms with Crippen LogP contribution in [0.1, 0.15) is 32.3 Å². The van der Waals surface area contributed by atoms with E-state index in [9.17, 15) is 0 Å². The molecule has 0 radical (unpaired) electrons. The first-order valence-corrected chi connectivity index (χ1v) is 10.8. The average Bonchev–Trinajstić information content (AvgIpc) is 2.73. The number of benzene rings is 1. The average molecular weight is 389 g/mol. The molecule has 2 aliphatic heterocycles. The largest absolute Gasteiger partial charge is 0.492 e. The number of nitrogens with one attached hydrogen (secondary N) is 1. The summed E-state index contributed by atoms with van der Waals surface area (Å²) in [5, 5.41) is 3.47. The third-order valence-corrected chi connectivity index (χ3v) is 5.43. The molecule has 6 heteroatoms. The highest BCUT2D eigenvalue weighted by Gasteiger charge is 2.19. The molecule has 156 valence electrons. The number of rotatable bonds is 7. The van der Waals surface area contributed by atoms with Gasteiger partial charge in [0, 0.05) is 44.8 Å². The number of piperidine rings is 1. The van der Waals surface area contributed by atoms with Gasteiger partial charge in [0.05, 0.1) is 19.8 Å². The van der Waals surface area contributed by atoms with Gasteiger partial charge >= 0.3 is 0 Å². The van der Waals surface area contributed by atoms with Crippen LogP contribution in [0.5, 0.6) is 5.75 Å². The number of para-hydroxylation sites is 1. The Morgan fingerprint density at radius 2 is 2.07 bits per heavy atom. The van der Waals surface area contributed by atoms with Gasteiger partial charge in [0.25, 0.3) is 0 Å². The van der Waals surface area contributed by atoms with E-state index in [1.54, 1.807) is 0 Å². The molecule has 3 rings (SSSR count). The van der Waals surface area contributed by atoms with E-state index >= 15 is 0 Å². The summed E-state index contributed by atoms with van der Waals surface area (Å²) in [7, 11) is 0. The Balaban J connectivity index is 1.58. The maximum atomic E-state index is 6.11. The highest BCUT2D eigenvalue weighted by molar-refractivity contribution is 5.80. The number of hydrogen-bond donors (Lipinski definition) is 1. The molecule has 1 aromatic carbocycles. The second-order valence-corrected chi connectivity index (χ2v) is 7.77. The molecule has 0 spiro atoms. The van der Waals surface area contributed by atoms with Gasteiger partial charge in [0.1, 0.15) is 12.4 Å². The Hall–Kier alpha value is -1.79. The van der Waals surface area contributed by atoms with Gasteiger partial charge in [-0.25, -0.2) is 4.99 Å². The molecule has 2 heterocycles. The van der Waals surface area contributed by atoms with Crippen LogP contribution in [0, 0.1) is 5.92 Å². The van der Waals surface area contributed by atoms with E-state index in [2.05, 4.69) is 47.2 Å². The minimum absolute atomic E-state index is 0.640. The van der Waals surface area contributed by atoms with E-state index in [1.807, 2.05) is 6.07 Å². The maximum absolute atomic E-state index is 6.11. The van der Waals surface area contributed by atoms with Crippen molar-refractivity contribution in [2.24, 2.45) is 10.9 Å². The number of guanidine groups is 1. The summed E-state index contributed by atoms with van der Waals surface area (Å²) in [6, 6.07) is 8.28. The van der Waals surface area contributed by atoms with Crippen molar-refractivity contribution in [3.63, 3.8) is 0 Å². The van der Waals surface area contributed by atoms with Crippen LogP contribution >= 0.6 is 0 Å². The van der Waals surface area contributed by atoms with Gasteiger partial charge in [0.2, 0.25) is 0 Å². The Kier molecular flexibility index (Phi) is 8.42. The van der Waals surface area contributed by atoms with Crippen LogP contribution in [0.15, 0.2) is 29.3 Å². The molecule has 1 N–H and O–H groups in total. The number of aliphatic imine (C=N–C) groups is 1. The zero-order valence-corrected chi connectivity index (χ0v) is 17.5. The fraction of sp³-hybridized carbons (Fsp3) is 0.682. The topological polar surface area (TPSA) is 49.3 Å². The van der Waals surface area contributed by atoms with Crippen molar-refractivity contribution < 1.29 is 9.47 Å². The van der Waals surface area contributed by atoms with Crippen molar-refractivity contribution in [2.45, 2.75) is 33.2 Å². The minimum atomic E-state index is 0.640. The summed E-state index contributed by atoms with van der Waals surface area (Å²) in [5.74, 6) is 2.70. The molecule has 1 unspecified atom stereocenters. The number of hydrogen-bond acceptors (Lipinski definition) is 4. The molecular weight excluding hydrogens is 352 g/mol. The second-order valence-electron chi connectivity index (χ2n) is 7.77. The van der Waals surface area contributed by atoms with Gasteiger partial charge in [-0.05, 0) is 31.7 Å². The van der Waals surface area contributed by atoms with E-state index in [0.717, 1.165) is 75.7 Å². The first-order chi connectivity index (χ1) is 13.8. The summed E-state index contributed by atoms with van der Waals surface area (Å²) in [6.07, 6.45) is 2.56. The normalized spacial score (nSPS) is 21.6. The molecule has 6 nitrogen and oxygen atoms in total. The predicted octanol–water partition coefficient (Wildman–Crippen LogP) is 2.60. The van der Waals surface area contributed by atoms with Crippen molar-refractivity contribution in [3.05, 3.63) is 29.8 Å². The number of likely N-dealkylation sites (tertiary alicyclic amines) is 1. The molecule has 0 aromatic heterocycles. The molecule has 28 heavy (non-hydrogen) atoms. The molecule has 0 bridgehead atoms. The van der Waals surface area contributed by atoms with Crippen LogP contribution in [0.2, 0.25) is 0 Å². The van der Waals surface area contributed by atoms with Crippen molar-refractivity contribution in [3.8, 4) is 5.75 Å². The monoisotopic (exact) mass is 388 g/mol. The molecule has 0 aliphatic carbocycles. The SMILES string of the molecule is CCNC(=NCc1ccccc1OCCN1CCOCC1)N1CCCC(C)C1. The quantitative estimate of drug-likeness (QED) is 0.575. The lowest BCUT2D eigenvalue weighted by Gasteiger charge is -2.33. The Labute approximate surface area is 169 Å². The van der Waals surface area contributed by atoms with Crippen molar-refractivity contribution >= 4 is 5.96 Å².